The Morgan fingerprint density at radius 3 is 2.65 bits per heavy atom. The van der Waals surface area contributed by atoms with Gasteiger partial charge in [-0.15, -0.1) is 0 Å². The summed E-state index contributed by atoms with van der Waals surface area (Å²) in [7, 11) is 1.71. The molecule has 0 spiro atoms. The van der Waals surface area contributed by atoms with Crippen LogP contribution in [0.1, 0.15) is 39.5 Å². The first kappa shape index (κ1) is 18.2. The van der Waals surface area contributed by atoms with Crippen LogP contribution in [0.2, 0.25) is 0 Å². The molecule has 1 unspecified atom stereocenters. The van der Waals surface area contributed by atoms with Crippen molar-refractivity contribution >= 4 is 11.8 Å². The fraction of sp³-hybridized carbons (Fsp3) is 0.882. The molecule has 0 radical (unpaired) electrons. The molecule has 2 fully saturated rings. The highest BCUT2D eigenvalue weighted by Crippen LogP contribution is 2.28. The summed E-state index contributed by atoms with van der Waals surface area (Å²) in [6.07, 6.45) is 3.67. The van der Waals surface area contributed by atoms with E-state index >= 15 is 0 Å². The maximum absolute atomic E-state index is 12.6. The molecule has 2 aliphatic heterocycles. The highest BCUT2D eigenvalue weighted by molar-refractivity contribution is 5.88. The van der Waals surface area contributed by atoms with E-state index in [1.807, 2.05) is 13.8 Å². The van der Waals surface area contributed by atoms with Crippen molar-refractivity contribution < 1.29 is 14.3 Å². The van der Waals surface area contributed by atoms with Crippen molar-refractivity contribution in [1.82, 2.24) is 15.5 Å². The number of carbonyl (C=O) groups excluding carboxylic acids is 2. The normalized spacial score (nSPS) is 24.0. The minimum absolute atomic E-state index is 0.00879. The monoisotopic (exact) mass is 325 g/mol. The molecule has 0 bridgehead atoms. The number of ether oxygens (including phenoxy) is 1. The molecule has 0 aromatic heterocycles. The van der Waals surface area contributed by atoms with Gasteiger partial charge in [0.2, 0.25) is 11.8 Å². The van der Waals surface area contributed by atoms with Crippen molar-refractivity contribution in [3.05, 3.63) is 0 Å². The quantitative estimate of drug-likeness (QED) is 0.757. The number of methoxy groups -OCH3 is 1. The summed E-state index contributed by atoms with van der Waals surface area (Å²) in [5.74, 6) is 0.00860. The van der Waals surface area contributed by atoms with Crippen LogP contribution in [-0.2, 0) is 14.3 Å². The second-order valence-electron chi connectivity index (χ2n) is 7.25. The molecule has 2 amide bonds. The summed E-state index contributed by atoms with van der Waals surface area (Å²) in [6, 6.07) is -0.300. The molecule has 6 heteroatoms. The highest BCUT2D eigenvalue weighted by Gasteiger charge is 2.37. The average Bonchev–Trinajstić information content (AvgIpc) is 3.02. The molecule has 132 valence electrons. The van der Waals surface area contributed by atoms with Gasteiger partial charge in [-0.3, -0.25) is 9.59 Å². The lowest BCUT2D eigenvalue weighted by Gasteiger charge is -2.37. The van der Waals surface area contributed by atoms with Gasteiger partial charge in [0.25, 0.3) is 0 Å². The van der Waals surface area contributed by atoms with Crippen LogP contribution in [0.4, 0.5) is 0 Å². The Balaban J connectivity index is 1.93. The number of hydrogen-bond donors (Lipinski definition) is 2. The molecule has 0 aliphatic carbocycles. The number of amides is 2. The number of hydrogen-bond acceptors (Lipinski definition) is 4. The second kappa shape index (κ2) is 8.11. The summed E-state index contributed by atoms with van der Waals surface area (Å²) >= 11 is 0. The standard InChI is InChI=1S/C17H31N3O3/c1-13(2)16(22)20-10-4-5-14(20)15(21)19-11-17(12-23-3)6-8-18-9-7-17/h13-14,18H,4-12H2,1-3H3,(H,19,21). The first-order valence-electron chi connectivity index (χ1n) is 8.77. The van der Waals surface area contributed by atoms with Crippen LogP contribution in [-0.4, -0.2) is 62.7 Å². The number of nitrogens with one attached hydrogen (secondary N) is 2. The molecule has 23 heavy (non-hydrogen) atoms. The van der Waals surface area contributed by atoms with Gasteiger partial charge in [0.05, 0.1) is 6.61 Å². The average molecular weight is 325 g/mol. The van der Waals surface area contributed by atoms with Crippen LogP contribution in [0.15, 0.2) is 0 Å². The molecule has 2 rings (SSSR count). The summed E-state index contributed by atoms with van der Waals surface area (Å²) < 4.78 is 5.39. The van der Waals surface area contributed by atoms with E-state index in [9.17, 15) is 9.59 Å². The van der Waals surface area contributed by atoms with E-state index in [-0.39, 0.29) is 29.2 Å². The minimum Gasteiger partial charge on any atom is -0.384 e. The van der Waals surface area contributed by atoms with Crippen LogP contribution in [0, 0.1) is 11.3 Å². The maximum atomic E-state index is 12.6. The first-order chi connectivity index (χ1) is 11.0. The fourth-order valence-electron chi connectivity index (χ4n) is 3.66. The second-order valence-corrected chi connectivity index (χ2v) is 7.25. The largest absolute Gasteiger partial charge is 0.384 e. The predicted octanol–water partition coefficient (Wildman–Crippen LogP) is 0.766. The van der Waals surface area contributed by atoms with Crippen molar-refractivity contribution in [2.75, 3.05) is 39.9 Å². The number of piperidine rings is 1. The predicted molar refractivity (Wildman–Crippen MR) is 89.0 cm³/mol. The van der Waals surface area contributed by atoms with Gasteiger partial charge in [0.1, 0.15) is 6.04 Å². The van der Waals surface area contributed by atoms with Crippen molar-refractivity contribution in [2.45, 2.75) is 45.6 Å². The molecular weight excluding hydrogens is 294 g/mol. The molecule has 2 N–H and O–H groups in total. The lowest BCUT2D eigenvalue weighted by atomic mass is 9.79. The van der Waals surface area contributed by atoms with Crippen molar-refractivity contribution in [3.63, 3.8) is 0 Å². The highest BCUT2D eigenvalue weighted by atomic mass is 16.5. The number of likely N-dealkylation sites (tertiary alicyclic amines) is 1. The molecule has 0 aromatic rings. The van der Waals surface area contributed by atoms with Crippen LogP contribution < -0.4 is 10.6 Å². The zero-order valence-corrected chi connectivity index (χ0v) is 14.7. The zero-order chi connectivity index (χ0) is 16.9. The van der Waals surface area contributed by atoms with E-state index in [2.05, 4.69) is 10.6 Å². The Morgan fingerprint density at radius 2 is 2.04 bits per heavy atom. The number of rotatable bonds is 6. The van der Waals surface area contributed by atoms with Crippen molar-refractivity contribution in [3.8, 4) is 0 Å². The molecule has 1 atom stereocenters. The van der Waals surface area contributed by atoms with Gasteiger partial charge < -0.3 is 20.3 Å². The van der Waals surface area contributed by atoms with Gasteiger partial charge in [-0.2, -0.15) is 0 Å². The van der Waals surface area contributed by atoms with Gasteiger partial charge in [-0.05, 0) is 38.8 Å². The number of carbonyl (C=O) groups is 2. The van der Waals surface area contributed by atoms with Gasteiger partial charge in [0, 0.05) is 31.5 Å². The van der Waals surface area contributed by atoms with Gasteiger partial charge >= 0.3 is 0 Å². The third-order valence-electron chi connectivity index (χ3n) is 5.08. The first-order valence-corrected chi connectivity index (χ1v) is 8.77. The van der Waals surface area contributed by atoms with Gasteiger partial charge in [-0.25, -0.2) is 0 Å². The summed E-state index contributed by atoms with van der Waals surface area (Å²) in [4.78, 5) is 26.6. The van der Waals surface area contributed by atoms with Crippen LogP contribution in [0.5, 0.6) is 0 Å². The zero-order valence-electron chi connectivity index (χ0n) is 14.7. The van der Waals surface area contributed by atoms with Gasteiger partial charge in [-0.1, -0.05) is 13.8 Å². The van der Waals surface area contributed by atoms with E-state index in [0.717, 1.165) is 38.8 Å². The molecular formula is C17H31N3O3. The molecule has 0 saturated carbocycles. The molecule has 2 heterocycles. The molecule has 6 nitrogen and oxygen atoms in total. The minimum atomic E-state index is -0.300. The lowest BCUT2D eigenvalue weighted by molar-refractivity contribution is -0.141. The maximum Gasteiger partial charge on any atom is 0.242 e. The lowest BCUT2D eigenvalue weighted by Crippen LogP contribution is -2.52. The Morgan fingerprint density at radius 1 is 1.35 bits per heavy atom. The van der Waals surface area contributed by atoms with E-state index < -0.39 is 0 Å². The Bertz CT molecular complexity index is 414. The van der Waals surface area contributed by atoms with E-state index in [1.54, 1.807) is 12.0 Å². The van der Waals surface area contributed by atoms with Crippen LogP contribution in [0.25, 0.3) is 0 Å². The van der Waals surface area contributed by atoms with E-state index in [1.165, 1.54) is 0 Å². The Kier molecular flexibility index (Phi) is 6.41. The van der Waals surface area contributed by atoms with Gasteiger partial charge in [0.15, 0.2) is 0 Å². The fourth-order valence-corrected chi connectivity index (χ4v) is 3.66. The third kappa shape index (κ3) is 4.44. The SMILES string of the molecule is COCC1(CNC(=O)C2CCCN2C(=O)C(C)C)CCNCC1. The van der Waals surface area contributed by atoms with E-state index in [4.69, 9.17) is 4.74 Å². The van der Waals surface area contributed by atoms with E-state index in [0.29, 0.717) is 19.7 Å². The summed E-state index contributed by atoms with van der Waals surface area (Å²) in [5.41, 5.74) is 0.0150. The Labute approximate surface area is 139 Å². The molecule has 0 aromatic carbocycles. The topological polar surface area (TPSA) is 70.7 Å². The summed E-state index contributed by atoms with van der Waals surface area (Å²) in [6.45, 7) is 7.68. The third-order valence-corrected chi connectivity index (χ3v) is 5.08. The summed E-state index contributed by atoms with van der Waals surface area (Å²) in [5, 5.41) is 6.46. The van der Waals surface area contributed by atoms with Crippen LogP contribution in [0.3, 0.4) is 0 Å². The van der Waals surface area contributed by atoms with Crippen LogP contribution >= 0.6 is 0 Å². The van der Waals surface area contributed by atoms with Crippen molar-refractivity contribution in [2.24, 2.45) is 11.3 Å². The van der Waals surface area contributed by atoms with Crippen molar-refractivity contribution in [1.29, 1.82) is 0 Å². The molecule has 2 aliphatic rings. The number of nitrogens with zero attached hydrogens (tertiary/aromatic N) is 1. The molecule has 2 saturated heterocycles. The smallest absolute Gasteiger partial charge is 0.242 e. The Hall–Kier alpha value is -1.14.